The zero-order valence-corrected chi connectivity index (χ0v) is 10.5. The van der Waals surface area contributed by atoms with Gasteiger partial charge in [-0.15, -0.1) is 0 Å². The number of oxime groups is 1. The number of nitrogens with zero attached hydrogens (tertiary/aromatic N) is 1. The van der Waals surface area contributed by atoms with Crippen LogP contribution < -0.4 is 0 Å². The molecule has 0 unspecified atom stereocenters. The molecule has 92 valence electrons. The summed E-state index contributed by atoms with van der Waals surface area (Å²) in [5.41, 5.74) is 0.573. The first-order valence-corrected chi connectivity index (χ1v) is 5.61. The fourth-order valence-corrected chi connectivity index (χ4v) is 1.43. The van der Waals surface area contributed by atoms with Crippen molar-refractivity contribution in [3.8, 4) is 0 Å². The van der Waals surface area contributed by atoms with E-state index < -0.39 is 5.97 Å². The number of hydrogen-bond donors (Lipinski definition) is 0. The minimum atomic E-state index is -0.540. The Balaban J connectivity index is 2.98. The van der Waals surface area contributed by atoms with E-state index in [9.17, 15) is 4.79 Å². The van der Waals surface area contributed by atoms with E-state index >= 15 is 0 Å². The Labute approximate surface area is 105 Å². The van der Waals surface area contributed by atoms with Gasteiger partial charge in [-0.25, -0.2) is 4.79 Å². The van der Waals surface area contributed by atoms with Crippen molar-refractivity contribution in [3.63, 3.8) is 0 Å². The van der Waals surface area contributed by atoms with Crippen molar-refractivity contribution in [2.45, 2.75) is 13.3 Å². The van der Waals surface area contributed by atoms with Crippen molar-refractivity contribution in [3.05, 3.63) is 34.9 Å². The lowest BCUT2D eigenvalue weighted by molar-refractivity contribution is -0.135. The number of benzene rings is 1. The van der Waals surface area contributed by atoms with Crippen LogP contribution in [0.15, 0.2) is 29.4 Å². The summed E-state index contributed by atoms with van der Waals surface area (Å²) in [4.78, 5) is 16.4. The van der Waals surface area contributed by atoms with E-state index in [2.05, 4.69) is 9.99 Å². The molecule has 17 heavy (non-hydrogen) atoms. The van der Waals surface area contributed by atoms with Gasteiger partial charge in [-0.2, -0.15) is 0 Å². The van der Waals surface area contributed by atoms with E-state index in [1.54, 1.807) is 24.3 Å². The highest BCUT2D eigenvalue weighted by molar-refractivity contribution is 6.47. The molecular weight excluding hydrogens is 242 g/mol. The summed E-state index contributed by atoms with van der Waals surface area (Å²) in [6.45, 7) is 2.25. The molecule has 0 aliphatic rings. The van der Waals surface area contributed by atoms with Gasteiger partial charge in [0.25, 0.3) is 0 Å². The standard InChI is InChI=1S/C12H14ClNO3/c1-3-8-17-12(15)11(14-16-2)9-6-4-5-7-10(9)13/h4-7H,3,8H2,1-2H3. The van der Waals surface area contributed by atoms with Crippen molar-refractivity contribution < 1.29 is 14.4 Å². The van der Waals surface area contributed by atoms with E-state index in [0.717, 1.165) is 6.42 Å². The molecule has 0 heterocycles. The summed E-state index contributed by atoms with van der Waals surface area (Å²) < 4.78 is 5.01. The highest BCUT2D eigenvalue weighted by Gasteiger charge is 2.18. The quantitative estimate of drug-likeness (QED) is 0.462. The molecule has 0 bridgehead atoms. The average Bonchev–Trinajstić information content (AvgIpc) is 2.34. The Morgan fingerprint density at radius 2 is 2.12 bits per heavy atom. The Morgan fingerprint density at radius 1 is 1.41 bits per heavy atom. The zero-order chi connectivity index (χ0) is 12.7. The third-order valence-electron chi connectivity index (χ3n) is 1.94. The number of hydrogen-bond acceptors (Lipinski definition) is 4. The second kappa shape index (κ2) is 6.91. The van der Waals surface area contributed by atoms with Crippen LogP contribution in [0.1, 0.15) is 18.9 Å². The summed E-state index contributed by atoms with van der Waals surface area (Å²) in [6.07, 6.45) is 0.745. The third kappa shape index (κ3) is 3.75. The Hall–Kier alpha value is -1.55. The lowest BCUT2D eigenvalue weighted by Crippen LogP contribution is -2.20. The van der Waals surface area contributed by atoms with Gasteiger partial charge in [0.1, 0.15) is 7.11 Å². The number of carbonyl (C=O) groups excluding carboxylic acids is 1. The van der Waals surface area contributed by atoms with Gasteiger partial charge in [0, 0.05) is 5.56 Å². The van der Waals surface area contributed by atoms with Crippen molar-refractivity contribution in [2.75, 3.05) is 13.7 Å². The summed E-state index contributed by atoms with van der Waals surface area (Å²) in [6, 6.07) is 6.90. The molecule has 0 amide bonds. The number of ether oxygens (including phenoxy) is 1. The zero-order valence-electron chi connectivity index (χ0n) is 9.77. The van der Waals surface area contributed by atoms with Crippen LogP contribution in [0.25, 0.3) is 0 Å². The van der Waals surface area contributed by atoms with E-state index in [1.807, 2.05) is 6.92 Å². The largest absolute Gasteiger partial charge is 0.461 e. The van der Waals surface area contributed by atoms with Crippen LogP contribution in [0, 0.1) is 0 Å². The smallest absolute Gasteiger partial charge is 0.361 e. The Kier molecular flexibility index (Phi) is 5.49. The van der Waals surface area contributed by atoms with Gasteiger partial charge in [-0.1, -0.05) is 41.9 Å². The van der Waals surface area contributed by atoms with Crippen LogP contribution in [0.3, 0.4) is 0 Å². The minimum absolute atomic E-state index is 0.0755. The molecule has 0 aromatic heterocycles. The topological polar surface area (TPSA) is 47.9 Å². The molecule has 4 nitrogen and oxygen atoms in total. The van der Waals surface area contributed by atoms with Crippen molar-refractivity contribution in [1.82, 2.24) is 0 Å². The predicted octanol–water partition coefficient (Wildman–Crippen LogP) is 2.64. The summed E-state index contributed by atoms with van der Waals surface area (Å²) in [5.74, 6) is -0.540. The number of carbonyl (C=O) groups is 1. The summed E-state index contributed by atoms with van der Waals surface area (Å²) >= 11 is 5.99. The fourth-order valence-electron chi connectivity index (χ4n) is 1.20. The van der Waals surface area contributed by atoms with Crippen LogP contribution in [0.5, 0.6) is 0 Å². The summed E-state index contributed by atoms with van der Waals surface area (Å²) in [5, 5.41) is 4.09. The van der Waals surface area contributed by atoms with E-state index in [-0.39, 0.29) is 5.71 Å². The second-order valence-corrected chi connectivity index (χ2v) is 3.65. The molecule has 0 radical (unpaired) electrons. The predicted molar refractivity (Wildman–Crippen MR) is 66.2 cm³/mol. The van der Waals surface area contributed by atoms with Gasteiger partial charge in [-0.3, -0.25) is 0 Å². The summed E-state index contributed by atoms with van der Waals surface area (Å²) in [7, 11) is 1.37. The van der Waals surface area contributed by atoms with Crippen molar-refractivity contribution in [1.29, 1.82) is 0 Å². The molecular formula is C12H14ClNO3. The van der Waals surface area contributed by atoms with Gasteiger partial charge in [-0.05, 0) is 12.5 Å². The van der Waals surface area contributed by atoms with Gasteiger partial charge in [0.2, 0.25) is 0 Å². The first-order valence-electron chi connectivity index (χ1n) is 5.23. The van der Waals surface area contributed by atoms with E-state index in [1.165, 1.54) is 7.11 Å². The van der Waals surface area contributed by atoms with Crippen LogP contribution in [0.2, 0.25) is 5.02 Å². The van der Waals surface area contributed by atoms with Gasteiger partial charge >= 0.3 is 5.97 Å². The molecule has 0 aliphatic carbocycles. The molecule has 0 saturated carbocycles. The van der Waals surface area contributed by atoms with Gasteiger partial charge in [0.15, 0.2) is 5.71 Å². The number of rotatable bonds is 5. The first kappa shape index (κ1) is 13.5. The average molecular weight is 256 g/mol. The third-order valence-corrected chi connectivity index (χ3v) is 2.27. The lowest BCUT2D eigenvalue weighted by atomic mass is 10.1. The Morgan fingerprint density at radius 3 is 2.71 bits per heavy atom. The maximum absolute atomic E-state index is 11.8. The monoisotopic (exact) mass is 255 g/mol. The molecule has 0 fully saturated rings. The Bertz CT molecular complexity index is 418. The normalized spacial score (nSPS) is 11.1. The molecule has 1 aromatic carbocycles. The molecule has 5 heteroatoms. The molecule has 1 aromatic rings. The van der Waals surface area contributed by atoms with Crippen molar-refractivity contribution >= 4 is 23.3 Å². The lowest BCUT2D eigenvalue weighted by Gasteiger charge is -2.07. The van der Waals surface area contributed by atoms with E-state index in [0.29, 0.717) is 17.2 Å². The van der Waals surface area contributed by atoms with Crippen LogP contribution in [-0.2, 0) is 14.4 Å². The van der Waals surface area contributed by atoms with Gasteiger partial charge < -0.3 is 9.57 Å². The molecule has 0 saturated heterocycles. The first-order chi connectivity index (χ1) is 8.20. The highest BCUT2D eigenvalue weighted by Crippen LogP contribution is 2.16. The molecule has 0 N–H and O–H groups in total. The molecule has 0 aliphatic heterocycles. The van der Waals surface area contributed by atoms with E-state index in [4.69, 9.17) is 16.3 Å². The van der Waals surface area contributed by atoms with Crippen LogP contribution in [0.4, 0.5) is 0 Å². The number of halogens is 1. The number of esters is 1. The fraction of sp³-hybridized carbons (Fsp3) is 0.333. The minimum Gasteiger partial charge on any atom is -0.461 e. The maximum atomic E-state index is 11.8. The van der Waals surface area contributed by atoms with Crippen molar-refractivity contribution in [2.24, 2.45) is 5.16 Å². The molecule has 0 spiro atoms. The maximum Gasteiger partial charge on any atom is 0.361 e. The van der Waals surface area contributed by atoms with Crippen LogP contribution >= 0.6 is 11.6 Å². The van der Waals surface area contributed by atoms with Gasteiger partial charge in [0.05, 0.1) is 11.6 Å². The molecule has 0 atom stereocenters. The highest BCUT2D eigenvalue weighted by atomic mass is 35.5. The second-order valence-electron chi connectivity index (χ2n) is 3.24. The van der Waals surface area contributed by atoms with Crippen LogP contribution in [-0.4, -0.2) is 25.4 Å². The molecule has 1 rings (SSSR count). The SMILES string of the molecule is CCCOC(=O)C(=NOC)c1ccccc1Cl.